The van der Waals surface area contributed by atoms with Crippen molar-refractivity contribution >= 4 is 17.5 Å². The molecule has 2 aromatic rings. The molecule has 0 saturated carbocycles. The Bertz CT molecular complexity index is 633. The maximum atomic E-state index is 12.0. The van der Waals surface area contributed by atoms with Gasteiger partial charge in [-0.2, -0.15) is 0 Å². The number of ether oxygens (including phenoxy) is 1. The van der Waals surface area contributed by atoms with Gasteiger partial charge in [-0.1, -0.05) is 41.9 Å². The van der Waals surface area contributed by atoms with Crippen LogP contribution in [0, 0.1) is 0 Å². The van der Waals surface area contributed by atoms with Gasteiger partial charge in [0.2, 0.25) is 0 Å². The summed E-state index contributed by atoms with van der Waals surface area (Å²) in [7, 11) is 0. The van der Waals surface area contributed by atoms with Crippen LogP contribution in [0.15, 0.2) is 54.6 Å². The number of carbonyl (C=O) groups excluding carboxylic acids is 1. The zero-order chi connectivity index (χ0) is 16.7. The predicted octanol–water partition coefficient (Wildman–Crippen LogP) is 3.35. The molecule has 0 aliphatic rings. The Balaban J connectivity index is 1.76. The number of amides is 1. The van der Waals surface area contributed by atoms with Crippen LogP contribution < -0.4 is 10.1 Å². The molecule has 0 saturated heterocycles. The lowest BCUT2D eigenvalue weighted by atomic mass is 10.1. The van der Waals surface area contributed by atoms with Crippen LogP contribution in [0.3, 0.4) is 0 Å². The van der Waals surface area contributed by atoms with Crippen molar-refractivity contribution in [3.05, 3.63) is 65.2 Å². The minimum absolute atomic E-state index is 0.216. The topological polar surface area (TPSA) is 58.6 Å². The monoisotopic (exact) mass is 333 g/mol. The number of aliphatic hydroxyl groups excluding tert-OH is 1. The van der Waals surface area contributed by atoms with Crippen LogP contribution in [0.25, 0.3) is 0 Å². The standard InChI is InChI=1S/C18H20ClNO3/c1-13(23-16-8-3-2-4-9-16)18(22)20-11-10-17(21)14-6-5-7-15(19)12-14/h2-9,12-13,17,21H,10-11H2,1H3,(H,20,22)/t13-,17+/m1/s1. The first-order valence-electron chi connectivity index (χ1n) is 7.49. The molecule has 2 atom stereocenters. The van der Waals surface area contributed by atoms with Crippen molar-refractivity contribution in [2.24, 2.45) is 0 Å². The Kier molecular flexibility index (Phi) is 6.44. The molecule has 0 aliphatic carbocycles. The Morgan fingerprint density at radius 3 is 2.65 bits per heavy atom. The zero-order valence-corrected chi connectivity index (χ0v) is 13.7. The van der Waals surface area contributed by atoms with Crippen LogP contribution in [0.1, 0.15) is 25.0 Å². The third-order valence-electron chi connectivity index (χ3n) is 3.38. The van der Waals surface area contributed by atoms with Crippen LogP contribution in [0.2, 0.25) is 5.02 Å². The third-order valence-corrected chi connectivity index (χ3v) is 3.61. The third kappa shape index (κ3) is 5.58. The van der Waals surface area contributed by atoms with Crippen molar-refractivity contribution in [3.8, 4) is 5.75 Å². The van der Waals surface area contributed by atoms with E-state index in [4.69, 9.17) is 16.3 Å². The Morgan fingerprint density at radius 2 is 1.96 bits per heavy atom. The second-order valence-corrected chi connectivity index (χ2v) is 5.66. The SMILES string of the molecule is C[C@@H](Oc1ccccc1)C(=O)NCC[C@H](O)c1cccc(Cl)c1. The van der Waals surface area contributed by atoms with Crippen molar-refractivity contribution in [1.29, 1.82) is 0 Å². The maximum absolute atomic E-state index is 12.0. The number of hydrogen-bond donors (Lipinski definition) is 2. The number of hydrogen-bond acceptors (Lipinski definition) is 3. The van der Waals surface area contributed by atoms with E-state index in [0.29, 0.717) is 23.7 Å². The van der Waals surface area contributed by atoms with Crippen LogP contribution in [0.4, 0.5) is 0 Å². The van der Waals surface area contributed by atoms with Crippen molar-refractivity contribution in [3.63, 3.8) is 0 Å². The van der Waals surface area contributed by atoms with Gasteiger partial charge in [-0.15, -0.1) is 0 Å². The van der Waals surface area contributed by atoms with Crippen molar-refractivity contribution in [1.82, 2.24) is 5.32 Å². The zero-order valence-electron chi connectivity index (χ0n) is 12.9. The lowest BCUT2D eigenvalue weighted by molar-refractivity contribution is -0.127. The molecular formula is C18H20ClNO3. The first-order valence-corrected chi connectivity index (χ1v) is 7.87. The summed E-state index contributed by atoms with van der Waals surface area (Å²) < 4.78 is 5.54. The number of halogens is 1. The molecule has 0 fully saturated rings. The number of aliphatic hydroxyl groups is 1. The summed E-state index contributed by atoms with van der Waals surface area (Å²) in [4.78, 5) is 12.0. The summed E-state index contributed by atoms with van der Waals surface area (Å²) in [5, 5.41) is 13.4. The lowest BCUT2D eigenvalue weighted by Crippen LogP contribution is -2.37. The molecule has 2 rings (SSSR count). The van der Waals surface area contributed by atoms with Crippen molar-refractivity contribution in [2.75, 3.05) is 6.54 Å². The van der Waals surface area contributed by atoms with Gasteiger partial charge in [0.05, 0.1) is 6.10 Å². The van der Waals surface area contributed by atoms with Gasteiger partial charge in [-0.3, -0.25) is 4.79 Å². The van der Waals surface area contributed by atoms with E-state index in [1.807, 2.05) is 18.2 Å². The van der Waals surface area contributed by atoms with E-state index in [0.717, 1.165) is 5.56 Å². The highest BCUT2D eigenvalue weighted by Gasteiger charge is 2.15. The normalized spacial score (nSPS) is 13.2. The number of carbonyl (C=O) groups is 1. The van der Waals surface area contributed by atoms with E-state index < -0.39 is 12.2 Å². The van der Waals surface area contributed by atoms with Gasteiger partial charge in [0.25, 0.3) is 5.91 Å². The van der Waals surface area contributed by atoms with E-state index in [1.54, 1.807) is 43.3 Å². The number of rotatable bonds is 7. The van der Waals surface area contributed by atoms with Crippen molar-refractivity contribution in [2.45, 2.75) is 25.6 Å². The first kappa shape index (κ1) is 17.3. The van der Waals surface area contributed by atoms with Gasteiger partial charge in [-0.25, -0.2) is 0 Å². The molecule has 122 valence electrons. The highest BCUT2D eigenvalue weighted by Crippen LogP contribution is 2.19. The molecule has 0 radical (unpaired) electrons. The Labute approximate surface area is 141 Å². The van der Waals surface area contributed by atoms with Gasteiger partial charge < -0.3 is 15.2 Å². The minimum Gasteiger partial charge on any atom is -0.481 e. The van der Waals surface area contributed by atoms with E-state index in [1.165, 1.54) is 0 Å². The van der Waals surface area contributed by atoms with Gasteiger partial charge in [-0.05, 0) is 43.2 Å². The molecule has 0 heterocycles. The Hall–Kier alpha value is -2.04. The molecule has 23 heavy (non-hydrogen) atoms. The average molecular weight is 334 g/mol. The molecule has 0 unspecified atom stereocenters. The van der Waals surface area contributed by atoms with Gasteiger partial charge in [0, 0.05) is 11.6 Å². The van der Waals surface area contributed by atoms with Crippen LogP contribution >= 0.6 is 11.6 Å². The number of para-hydroxylation sites is 1. The molecule has 0 bridgehead atoms. The first-order chi connectivity index (χ1) is 11.1. The molecule has 0 aromatic heterocycles. The molecule has 0 spiro atoms. The number of benzene rings is 2. The van der Waals surface area contributed by atoms with E-state index in [9.17, 15) is 9.90 Å². The van der Waals surface area contributed by atoms with Crippen LogP contribution in [0.5, 0.6) is 5.75 Å². The fraction of sp³-hybridized carbons (Fsp3) is 0.278. The van der Waals surface area contributed by atoms with Crippen LogP contribution in [-0.2, 0) is 4.79 Å². The van der Waals surface area contributed by atoms with Crippen LogP contribution in [-0.4, -0.2) is 23.7 Å². The molecule has 2 aromatic carbocycles. The number of nitrogens with one attached hydrogen (secondary N) is 1. The summed E-state index contributed by atoms with van der Waals surface area (Å²) in [6, 6.07) is 16.2. The average Bonchev–Trinajstić information content (AvgIpc) is 2.55. The summed E-state index contributed by atoms with van der Waals surface area (Å²) >= 11 is 5.89. The lowest BCUT2D eigenvalue weighted by Gasteiger charge is -2.16. The summed E-state index contributed by atoms with van der Waals surface area (Å²) in [6.07, 6.45) is -0.857. The highest BCUT2D eigenvalue weighted by molar-refractivity contribution is 6.30. The van der Waals surface area contributed by atoms with E-state index in [2.05, 4.69) is 5.32 Å². The van der Waals surface area contributed by atoms with Gasteiger partial charge in [0.1, 0.15) is 5.75 Å². The summed E-state index contributed by atoms with van der Waals surface area (Å²) in [6.45, 7) is 2.05. The predicted molar refractivity (Wildman–Crippen MR) is 90.6 cm³/mol. The van der Waals surface area contributed by atoms with Gasteiger partial charge in [0.15, 0.2) is 6.10 Å². The second kappa shape index (κ2) is 8.56. The summed E-state index contributed by atoms with van der Waals surface area (Å²) in [5.41, 5.74) is 0.736. The second-order valence-electron chi connectivity index (χ2n) is 5.22. The fourth-order valence-electron chi connectivity index (χ4n) is 2.11. The van der Waals surface area contributed by atoms with E-state index in [-0.39, 0.29) is 5.91 Å². The maximum Gasteiger partial charge on any atom is 0.260 e. The quantitative estimate of drug-likeness (QED) is 0.817. The molecule has 2 N–H and O–H groups in total. The smallest absolute Gasteiger partial charge is 0.260 e. The van der Waals surface area contributed by atoms with E-state index >= 15 is 0 Å². The fourth-order valence-corrected chi connectivity index (χ4v) is 2.31. The minimum atomic E-state index is -0.667. The van der Waals surface area contributed by atoms with Gasteiger partial charge >= 0.3 is 0 Å². The Morgan fingerprint density at radius 1 is 1.22 bits per heavy atom. The largest absolute Gasteiger partial charge is 0.481 e. The molecule has 0 aliphatic heterocycles. The highest BCUT2D eigenvalue weighted by atomic mass is 35.5. The summed E-state index contributed by atoms with van der Waals surface area (Å²) in [5.74, 6) is 0.432. The molecule has 4 nitrogen and oxygen atoms in total. The molecule has 1 amide bonds. The van der Waals surface area contributed by atoms with Crippen molar-refractivity contribution < 1.29 is 14.6 Å². The molecule has 5 heteroatoms. The molecular weight excluding hydrogens is 314 g/mol.